The average molecular weight is 288 g/mol. The number of unbranched alkanes of at least 4 members (excludes halogenated alkanes) is 7. The third-order valence-corrected chi connectivity index (χ3v) is 4.39. The Morgan fingerprint density at radius 1 is 1.00 bits per heavy atom. The molecule has 3 nitrogen and oxygen atoms in total. The predicted molar refractivity (Wildman–Crippen MR) is 69.3 cm³/mol. The molecule has 96 valence electrons. The maximum Gasteiger partial charge on any atom is 1.00 e. The molecule has 0 saturated carbocycles. The summed E-state index contributed by atoms with van der Waals surface area (Å²) < 4.78 is 30.8. The van der Waals surface area contributed by atoms with Crippen LogP contribution >= 0.6 is 10.8 Å². The zero-order valence-electron chi connectivity index (χ0n) is 10.7. The summed E-state index contributed by atoms with van der Waals surface area (Å²) in [6.45, 7) is 3.67. The van der Waals surface area contributed by atoms with E-state index < -0.39 is 9.15 Å². The van der Waals surface area contributed by atoms with Crippen LogP contribution in [0.4, 0.5) is 0 Å². The normalized spacial score (nSPS) is 10.9. The SMILES string of the molecule is C=CCCCCCCCCCSS(=O)(=O)[O-].[Na+]. The molecule has 0 heterocycles. The molecule has 0 aromatic carbocycles. The van der Waals surface area contributed by atoms with E-state index in [4.69, 9.17) is 0 Å². The second kappa shape index (κ2) is 13.4. The Balaban J connectivity index is 0. The van der Waals surface area contributed by atoms with E-state index in [1.807, 2.05) is 6.08 Å². The first-order valence-electron chi connectivity index (χ1n) is 5.77. The molecular weight excluding hydrogens is 267 g/mol. The van der Waals surface area contributed by atoms with Gasteiger partial charge in [0, 0.05) is 5.75 Å². The van der Waals surface area contributed by atoms with Gasteiger partial charge in [0.25, 0.3) is 0 Å². The van der Waals surface area contributed by atoms with Crippen LogP contribution in [0.1, 0.15) is 51.4 Å². The molecule has 0 spiro atoms. The monoisotopic (exact) mass is 288 g/mol. The summed E-state index contributed by atoms with van der Waals surface area (Å²) in [7, 11) is -3.56. The van der Waals surface area contributed by atoms with Crippen molar-refractivity contribution in [3.05, 3.63) is 12.7 Å². The van der Waals surface area contributed by atoms with Crippen LogP contribution in [0.3, 0.4) is 0 Å². The van der Waals surface area contributed by atoms with Gasteiger partial charge in [0.05, 0.1) is 0 Å². The summed E-state index contributed by atoms with van der Waals surface area (Å²) in [6.07, 6.45) is 10.9. The Morgan fingerprint density at radius 3 is 1.94 bits per heavy atom. The molecule has 0 amide bonds. The van der Waals surface area contributed by atoms with Gasteiger partial charge >= 0.3 is 29.6 Å². The maximum atomic E-state index is 10.3. The minimum absolute atomic E-state index is 0. The minimum atomic E-state index is -4.07. The van der Waals surface area contributed by atoms with Crippen LogP contribution in [0.2, 0.25) is 0 Å². The summed E-state index contributed by atoms with van der Waals surface area (Å²) in [5.41, 5.74) is 0. The zero-order valence-corrected chi connectivity index (χ0v) is 14.3. The second-order valence-corrected chi connectivity index (χ2v) is 7.17. The van der Waals surface area contributed by atoms with Crippen LogP contribution in [0.25, 0.3) is 0 Å². The molecule has 0 rings (SSSR count). The smallest absolute Gasteiger partial charge is 0.739 e. The molecule has 0 aromatic heterocycles. The van der Waals surface area contributed by atoms with Gasteiger partial charge in [-0.3, -0.25) is 0 Å². The number of hydrogen-bond acceptors (Lipinski definition) is 4. The van der Waals surface area contributed by atoms with Crippen LogP contribution < -0.4 is 29.6 Å². The van der Waals surface area contributed by atoms with Crippen LogP contribution in [0.5, 0.6) is 0 Å². The van der Waals surface area contributed by atoms with Crippen molar-refractivity contribution in [1.29, 1.82) is 0 Å². The molecule has 0 radical (unpaired) electrons. The standard InChI is InChI=1S/C11H22O3S2.Na/c1-2-3-4-5-6-7-8-9-10-11-15-16(12,13)14;/h2H,1,3-11H2,(H,12,13,14);/q;+1/p-1. The molecule has 6 heteroatoms. The summed E-state index contributed by atoms with van der Waals surface area (Å²) >= 11 is 0. The summed E-state index contributed by atoms with van der Waals surface area (Å²) in [4.78, 5) is 0. The van der Waals surface area contributed by atoms with Crippen LogP contribution in [0, 0.1) is 0 Å². The van der Waals surface area contributed by atoms with Gasteiger partial charge < -0.3 is 4.55 Å². The number of allylic oxidation sites excluding steroid dienone is 1. The molecule has 0 unspecified atom stereocenters. The van der Waals surface area contributed by atoms with Crippen LogP contribution in [0.15, 0.2) is 12.7 Å². The van der Waals surface area contributed by atoms with E-state index in [-0.39, 0.29) is 29.6 Å². The maximum absolute atomic E-state index is 10.3. The Bertz CT molecular complexity index is 266. The average Bonchev–Trinajstić information content (AvgIpc) is 2.19. The van der Waals surface area contributed by atoms with Crippen molar-refractivity contribution < 1.29 is 42.5 Å². The topological polar surface area (TPSA) is 57.2 Å². The molecule has 0 aliphatic carbocycles. The first-order chi connectivity index (χ1) is 7.56. The van der Waals surface area contributed by atoms with Crippen molar-refractivity contribution in [3.63, 3.8) is 0 Å². The Hall–Kier alpha value is 1.000. The van der Waals surface area contributed by atoms with E-state index in [9.17, 15) is 13.0 Å². The molecule has 0 aliphatic heterocycles. The first-order valence-corrected chi connectivity index (χ1v) is 8.68. The summed E-state index contributed by atoms with van der Waals surface area (Å²) in [5, 5.41) is 0. The van der Waals surface area contributed by atoms with E-state index in [1.165, 1.54) is 25.7 Å². The fraction of sp³-hybridized carbons (Fsp3) is 0.818. The van der Waals surface area contributed by atoms with E-state index >= 15 is 0 Å². The Kier molecular flexibility index (Phi) is 16.1. The Morgan fingerprint density at radius 2 is 1.47 bits per heavy atom. The van der Waals surface area contributed by atoms with Gasteiger partial charge in [-0.15, -0.1) is 6.58 Å². The van der Waals surface area contributed by atoms with Gasteiger partial charge in [0.15, 0.2) is 0 Å². The molecule has 0 bridgehead atoms. The molecule has 0 N–H and O–H groups in total. The van der Waals surface area contributed by atoms with E-state index in [2.05, 4.69) is 6.58 Å². The molecule has 0 aliphatic rings. The fourth-order valence-electron chi connectivity index (χ4n) is 1.44. The van der Waals surface area contributed by atoms with Crippen LogP contribution in [-0.2, 0) is 9.15 Å². The quantitative estimate of drug-likeness (QED) is 0.183. The number of rotatable bonds is 11. The largest absolute Gasteiger partial charge is 1.00 e. The Labute approximate surface area is 131 Å². The van der Waals surface area contributed by atoms with E-state index in [0.717, 1.165) is 25.7 Å². The molecule has 0 fully saturated rings. The third-order valence-electron chi connectivity index (χ3n) is 2.28. The van der Waals surface area contributed by atoms with Gasteiger partial charge in [-0.25, -0.2) is 8.42 Å². The van der Waals surface area contributed by atoms with Crippen molar-refractivity contribution >= 4 is 19.9 Å². The predicted octanol–water partition coefficient (Wildman–Crippen LogP) is 0.491. The van der Waals surface area contributed by atoms with Crippen molar-refractivity contribution in [3.8, 4) is 0 Å². The van der Waals surface area contributed by atoms with Gasteiger partial charge in [-0.05, 0) is 30.1 Å². The summed E-state index contributed by atoms with van der Waals surface area (Å²) in [5.74, 6) is 0.433. The van der Waals surface area contributed by atoms with E-state index in [1.54, 1.807) is 0 Å². The minimum Gasteiger partial charge on any atom is -0.739 e. The zero-order chi connectivity index (χ0) is 12.3. The number of hydrogen-bond donors (Lipinski definition) is 0. The van der Waals surface area contributed by atoms with Crippen LogP contribution in [-0.4, -0.2) is 18.7 Å². The fourth-order valence-corrected chi connectivity index (χ4v) is 2.93. The van der Waals surface area contributed by atoms with Crippen molar-refractivity contribution in [2.24, 2.45) is 0 Å². The van der Waals surface area contributed by atoms with Gasteiger partial charge in [0.1, 0.15) is 9.15 Å². The van der Waals surface area contributed by atoms with Crippen molar-refractivity contribution in [2.45, 2.75) is 51.4 Å². The van der Waals surface area contributed by atoms with Crippen molar-refractivity contribution in [1.82, 2.24) is 0 Å². The molecule has 0 saturated heterocycles. The van der Waals surface area contributed by atoms with Gasteiger partial charge in [0.2, 0.25) is 0 Å². The van der Waals surface area contributed by atoms with E-state index in [0.29, 0.717) is 16.5 Å². The second-order valence-electron chi connectivity index (χ2n) is 3.78. The first kappa shape index (κ1) is 20.3. The molecular formula is C11H21NaO3S2. The summed E-state index contributed by atoms with van der Waals surface area (Å²) in [6, 6.07) is 0. The van der Waals surface area contributed by atoms with Gasteiger partial charge in [-0.1, -0.05) is 38.2 Å². The van der Waals surface area contributed by atoms with Crippen molar-refractivity contribution in [2.75, 3.05) is 5.75 Å². The molecule has 0 atom stereocenters. The molecule has 0 aromatic rings. The molecule has 17 heavy (non-hydrogen) atoms. The van der Waals surface area contributed by atoms with Gasteiger partial charge in [-0.2, -0.15) is 0 Å². The third kappa shape index (κ3) is 19.5.